The Bertz CT molecular complexity index is 345. The fraction of sp³-hybridized carbons (Fsp3) is 0.462. The summed E-state index contributed by atoms with van der Waals surface area (Å²) >= 11 is 3.98. The van der Waals surface area contributed by atoms with Gasteiger partial charge in [0.25, 0.3) is 0 Å². The van der Waals surface area contributed by atoms with Crippen molar-refractivity contribution in [2.75, 3.05) is 5.75 Å². The fourth-order valence-corrected chi connectivity index (χ4v) is 2.44. The van der Waals surface area contributed by atoms with Gasteiger partial charge in [-0.2, -0.15) is 11.8 Å². The molecule has 0 fully saturated rings. The first kappa shape index (κ1) is 14.0. The summed E-state index contributed by atoms with van der Waals surface area (Å²) < 4.78 is 1.16. The minimum Gasteiger partial charge on any atom is -0.293 e. The molecule has 1 atom stereocenters. The maximum Gasteiger partial charge on any atom is 0.172 e. The van der Waals surface area contributed by atoms with E-state index in [0.717, 1.165) is 9.13 Å². The maximum absolute atomic E-state index is 11.9. The minimum absolute atomic E-state index is 0.230. The molecule has 0 aliphatic rings. The lowest BCUT2D eigenvalue weighted by molar-refractivity contribution is 0.102. The predicted octanol–water partition coefficient (Wildman–Crippen LogP) is 4.25. The SMILES string of the molecule is CC(C)C(C)SCC(=O)c1ccc(I)cc1. The summed E-state index contributed by atoms with van der Waals surface area (Å²) in [6.07, 6.45) is 0. The second-order valence-electron chi connectivity index (χ2n) is 4.19. The average molecular weight is 348 g/mol. The van der Waals surface area contributed by atoms with E-state index in [1.54, 1.807) is 11.8 Å². The van der Waals surface area contributed by atoms with Gasteiger partial charge in [0.05, 0.1) is 5.75 Å². The maximum atomic E-state index is 11.9. The van der Waals surface area contributed by atoms with Crippen LogP contribution in [0.1, 0.15) is 31.1 Å². The Morgan fingerprint density at radius 2 is 1.81 bits per heavy atom. The molecule has 0 heterocycles. The number of thioether (sulfide) groups is 1. The number of benzene rings is 1. The number of Topliss-reactive ketones (excluding diaryl/α,β-unsaturated/α-hetero) is 1. The van der Waals surface area contributed by atoms with Crippen LogP contribution in [0.3, 0.4) is 0 Å². The molecular formula is C13H17IOS. The number of hydrogen-bond donors (Lipinski definition) is 0. The lowest BCUT2D eigenvalue weighted by atomic mass is 10.1. The lowest BCUT2D eigenvalue weighted by Gasteiger charge is -2.14. The Labute approximate surface area is 116 Å². The molecule has 3 heteroatoms. The Morgan fingerprint density at radius 1 is 1.25 bits per heavy atom. The molecule has 0 aliphatic carbocycles. The monoisotopic (exact) mass is 348 g/mol. The molecule has 0 aliphatic heterocycles. The van der Waals surface area contributed by atoms with E-state index >= 15 is 0 Å². The van der Waals surface area contributed by atoms with E-state index in [1.807, 2.05) is 24.3 Å². The van der Waals surface area contributed by atoms with Crippen molar-refractivity contribution >= 4 is 40.1 Å². The lowest BCUT2D eigenvalue weighted by Crippen LogP contribution is -2.11. The summed E-state index contributed by atoms with van der Waals surface area (Å²) in [5.41, 5.74) is 0.823. The molecule has 1 nitrogen and oxygen atoms in total. The van der Waals surface area contributed by atoms with E-state index in [2.05, 4.69) is 43.4 Å². The molecule has 0 saturated carbocycles. The second kappa shape index (κ2) is 6.64. The quantitative estimate of drug-likeness (QED) is 0.585. The second-order valence-corrected chi connectivity index (χ2v) is 6.80. The zero-order valence-electron chi connectivity index (χ0n) is 9.87. The van der Waals surface area contributed by atoms with Crippen LogP contribution in [0.4, 0.5) is 0 Å². The average Bonchev–Trinajstić information content (AvgIpc) is 2.26. The molecular weight excluding hydrogens is 331 g/mol. The largest absolute Gasteiger partial charge is 0.293 e. The topological polar surface area (TPSA) is 17.1 Å². The number of ketones is 1. The van der Waals surface area contributed by atoms with Gasteiger partial charge in [0.2, 0.25) is 0 Å². The molecule has 88 valence electrons. The summed E-state index contributed by atoms with van der Waals surface area (Å²) in [6.45, 7) is 6.55. The molecule has 0 spiro atoms. The van der Waals surface area contributed by atoms with Crippen LogP contribution in [0, 0.1) is 9.49 Å². The molecule has 16 heavy (non-hydrogen) atoms. The standard InChI is InChI=1S/C13H17IOS/c1-9(2)10(3)16-8-13(15)11-4-6-12(14)7-5-11/h4-7,9-10H,8H2,1-3H3. The third-order valence-corrected chi connectivity index (χ3v) is 4.80. The van der Waals surface area contributed by atoms with E-state index in [1.165, 1.54) is 0 Å². The third-order valence-electron chi connectivity index (χ3n) is 2.58. The van der Waals surface area contributed by atoms with Crippen LogP contribution in [0.5, 0.6) is 0 Å². The molecule has 0 amide bonds. The van der Waals surface area contributed by atoms with Gasteiger partial charge in [-0.3, -0.25) is 4.79 Å². The van der Waals surface area contributed by atoms with Crippen molar-refractivity contribution in [3.8, 4) is 0 Å². The zero-order valence-corrected chi connectivity index (χ0v) is 12.8. The smallest absolute Gasteiger partial charge is 0.172 e. The van der Waals surface area contributed by atoms with Gasteiger partial charge in [-0.05, 0) is 40.6 Å². The number of carbonyl (C=O) groups is 1. The Morgan fingerprint density at radius 3 is 2.31 bits per heavy atom. The van der Waals surface area contributed by atoms with Crippen molar-refractivity contribution in [2.24, 2.45) is 5.92 Å². The van der Waals surface area contributed by atoms with E-state index in [9.17, 15) is 4.79 Å². The first-order valence-corrected chi connectivity index (χ1v) is 7.54. The molecule has 1 aromatic carbocycles. The number of halogens is 1. The minimum atomic E-state index is 0.230. The van der Waals surface area contributed by atoms with Crippen LogP contribution in [0.2, 0.25) is 0 Å². The summed E-state index contributed by atoms with van der Waals surface area (Å²) in [7, 11) is 0. The Kier molecular flexibility index (Phi) is 5.83. The van der Waals surface area contributed by atoms with Crippen molar-refractivity contribution in [1.82, 2.24) is 0 Å². The normalized spacial score (nSPS) is 12.8. The molecule has 0 radical (unpaired) electrons. The van der Waals surface area contributed by atoms with Gasteiger partial charge >= 0.3 is 0 Å². The molecule has 0 bridgehead atoms. The summed E-state index contributed by atoms with van der Waals surface area (Å²) in [4.78, 5) is 11.9. The van der Waals surface area contributed by atoms with Gasteiger partial charge in [0.15, 0.2) is 5.78 Å². The number of rotatable bonds is 5. The zero-order chi connectivity index (χ0) is 12.1. The molecule has 0 aromatic heterocycles. The summed E-state index contributed by atoms with van der Waals surface area (Å²) in [5.74, 6) is 1.43. The molecule has 1 aromatic rings. The molecule has 0 N–H and O–H groups in total. The number of hydrogen-bond acceptors (Lipinski definition) is 2. The first-order valence-electron chi connectivity index (χ1n) is 5.41. The highest BCUT2D eigenvalue weighted by molar-refractivity contribution is 14.1. The van der Waals surface area contributed by atoms with Gasteiger partial charge < -0.3 is 0 Å². The van der Waals surface area contributed by atoms with Crippen LogP contribution in [-0.4, -0.2) is 16.8 Å². The predicted molar refractivity (Wildman–Crippen MR) is 80.2 cm³/mol. The molecule has 0 saturated heterocycles. The van der Waals surface area contributed by atoms with Crippen LogP contribution in [0.25, 0.3) is 0 Å². The van der Waals surface area contributed by atoms with Crippen molar-refractivity contribution in [3.63, 3.8) is 0 Å². The van der Waals surface area contributed by atoms with Gasteiger partial charge in [0.1, 0.15) is 0 Å². The van der Waals surface area contributed by atoms with Gasteiger partial charge in [0, 0.05) is 14.4 Å². The summed E-state index contributed by atoms with van der Waals surface area (Å²) in [6, 6.07) is 7.77. The van der Waals surface area contributed by atoms with Crippen molar-refractivity contribution in [3.05, 3.63) is 33.4 Å². The van der Waals surface area contributed by atoms with Crippen molar-refractivity contribution in [2.45, 2.75) is 26.0 Å². The first-order chi connectivity index (χ1) is 7.50. The van der Waals surface area contributed by atoms with Crippen LogP contribution in [-0.2, 0) is 0 Å². The Hall–Kier alpha value is -0.0300. The molecule has 1 rings (SSSR count). The van der Waals surface area contributed by atoms with E-state index in [0.29, 0.717) is 16.9 Å². The summed E-state index contributed by atoms with van der Waals surface area (Å²) in [5, 5.41) is 0.535. The van der Waals surface area contributed by atoms with E-state index in [4.69, 9.17) is 0 Å². The van der Waals surface area contributed by atoms with Gasteiger partial charge in [-0.25, -0.2) is 0 Å². The number of carbonyl (C=O) groups excluding carboxylic acids is 1. The van der Waals surface area contributed by atoms with Crippen molar-refractivity contribution < 1.29 is 4.79 Å². The van der Waals surface area contributed by atoms with Crippen LogP contribution in [0.15, 0.2) is 24.3 Å². The fourth-order valence-electron chi connectivity index (χ4n) is 1.12. The third kappa shape index (κ3) is 4.45. The highest BCUT2D eigenvalue weighted by Crippen LogP contribution is 2.20. The highest BCUT2D eigenvalue weighted by atomic mass is 127. The van der Waals surface area contributed by atoms with Crippen LogP contribution >= 0.6 is 34.4 Å². The van der Waals surface area contributed by atoms with E-state index in [-0.39, 0.29) is 5.78 Å². The van der Waals surface area contributed by atoms with Crippen LogP contribution < -0.4 is 0 Å². The van der Waals surface area contributed by atoms with Gasteiger partial charge in [-0.1, -0.05) is 32.9 Å². The van der Waals surface area contributed by atoms with Gasteiger partial charge in [-0.15, -0.1) is 0 Å². The highest BCUT2D eigenvalue weighted by Gasteiger charge is 2.11. The van der Waals surface area contributed by atoms with Crippen molar-refractivity contribution in [1.29, 1.82) is 0 Å². The Balaban J connectivity index is 2.50. The molecule has 1 unspecified atom stereocenters. The van der Waals surface area contributed by atoms with E-state index < -0.39 is 0 Å².